The lowest BCUT2D eigenvalue weighted by Gasteiger charge is -2.20. The summed E-state index contributed by atoms with van der Waals surface area (Å²) in [6, 6.07) is 0. The molecule has 1 amide bonds. The lowest BCUT2D eigenvalue weighted by molar-refractivity contribution is -0.117. The molecule has 0 saturated heterocycles. The summed E-state index contributed by atoms with van der Waals surface area (Å²) < 4.78 is 10.1. The highest BCUT2D eigenvalue weighted by Gasteiger charge is 2.27. The van der Waals surface area contributed by atoms with E-state index in [9.17, 15) is 14.4 Å². The van der Waals surface area contributed by atoms with Gasteiger partial charge in [0.25, 0.3) is 0 Å². The van der Waals surface area contributed by atoms with Crippen molar-refractivity contribution >= 4 is 34.2 Å². The zero-order valence-corrected chi connectivity index (χ0v) is 17.7. The molecule has 0 aliphatic heterocycles. The Balaban J connectivity index is 3.09. The lowest BCUT2D eigenvalue weighted by atomic mass is 10.1. The minimum Gasteiger partial charge on any atom is -0.462 e. The number of carbonyl (C=O) groups excluding carboxylic acids is 3. The van der Waals surface area contributed by atoms with Crippen LogP contribution in [0.1, 0.15) is 66.1 Å². The van der Waals surface area contributed by atoms with Gasteiger partial charge in [-0.2, -0.15) is 0 Å². The minimum absolute atomic E-state index is 0.205. The van der Waals surface area contributed by atoms with Crippen molar-refractivity contribution in [2.75, 3.05) is 38.2 Å². The van der Waals surface area contributed by atoms with Gasteiger partial charge in [0.1, 0.15) is 9.88 Å². The van der Waals surface area contributed by atoms with Crippen molar-refractivity contribution in [3.05, 3.63) is 16.0 Å². The number of nitrogens with one attached hydrogen (secondary N) is 1. The average Bonchev–Trinajstić information content (AvgIpc) is 2.92. The predicted octanol–water partition coefficient (Wildman–Crippen LogP) is 3.47. The Labute approximate surface area is 165 Å². The first-order valence-corrected chi connectivity index (χ1v) is 10.2. The van der Waals surface area contributed by atoms with E-state index in [2.05, 4.69) is 24.1 Å². The molecule has 8 heteroatoms. The standard InChI is InChI=1S/C19H30N2O5S/c1-6-10-21(11-7-2)12-14(22)20-17-15(18(23)25-8-3)13(5)16(27-17)19(24)26-9-4/h6-12H2,1-5H3,(H,20,22). The lowest BCUT2D eigenvalue weighted by Crippen LogP contribution is -2.34. The molecular formula is C19H30N2O5S. The zero-order valence-electron chi connectivity index (χ0n) is 16.8. The van der Waals surface area contributed by atoms with Crippen molar-refractivity contribution in [1.29, 1.82) is 0 Å². The van der Waals surface area contributed by atoms with Crippen LogP contribution in [0.2, 0.25) is 0 Å². The van der Waals surface area contributed by atoms with Gasteiger partial charge in [-0.1, -0.05) is 13.8 Å². The molecule has 0 bridgehead atoms. The van der Waals surface area contributed by atoms with Gasteiger partial charge in [-0.3, -0.25) is 9.69 Å². The van der Waals surface area contributed by atoms with Crippen LogP contribution in [0.3, 0.4) is 0 Å². The van der Waals surface area contributed by atoms with E-state index >= 15 is 0 Å². The van der Waals surface area contributed by atoms with Crippen LogP contribution in [0.15, 0.2) is 0 Å². The summed E-state index contributed by atoms with van der Waals surface area (Å²) in [4.78, 5) is 39.4. The normalized spacial score (nSPS) is 10.7. The van der Waals surface area contributed by atoms with Crippen LogP contribution in [-0.2, 0) is 14.3 Å². The summed E-state index contributed by atoms with van der Waals surface area (Å²) in [5.41, 5.74) is 0.682. The maximum atomic E-state index is 12.5. The number of esters is 2. The third-order valence-electron chi connectivity index (χ3n) is 3.79. The average molecular weight is 399 g/mol. The van der Waals surface area contributed by atoms with E-state index in [1.165, 1.54) is 0 Å². The van der Waals surface area contributed by atoms with Crippen molar-refractivity contribution in [3.8, 4) is 0 Å². The van der Waals surface area contributed by atoms with Crippen molar-refractivity contribution in [2.24, 2.45) is 0 Å². The summed E-state index contributed by atoms with van der Waals surface area (Å²) in [5, 5.41) is 3.11. The van der Waals surface area contributed by atoms with Gasteiger partial charge in [0.05, 0.1) is 25.3 Å². The number of hydrogen-bond acceptors (Lipinski definition) is 7. The SMILES string of the molecule is CCCN(CCC)CC(=O)Nc1sc(C(=O)OCC)c(C)c1C(=O)OCC. The molecule has 0 radical (unpaired) electrons. The number of thiophene rings is 1. The molecule has 0 aromatic carbocycles. The van der Waals surface area contributed by atoms with Crippen LogP contribution in [0, 0.1) is 6.92 Å². The van der Waals surface area contributed by atoms with E-state index in [1.54, 1.807) is 20.8 Å². The van der Waals surface area contributed by atoms with Crippen molar-refractivity contribution in [1.82, 2.24) is 4.90 Å². The topological polar surface area (TPSA) is 84.9 Å². The fraction of sp³-hybridized carbons (Fsp3) is 0.632. The third kappa shape index (κ3) is 6.62. The summed E-state index contributed by atoms with van der Waals surface area (Å²) in [6.07, 6.45) is 1.90. The Bertz CT molecular complexity index is 651. The number of amides is 1. The Morgan fingerprint density at radius 3 is 2.04 bits per heavy atom. The van der Waals surface area contributed by atoms with E-state index in [4.69, 9.17) is 9.47 Å². The summed E-state index contributed by atoms with van der Waals surface area (Å²) >= 11 is 1.04. The van der Waals surface area contributed by atoms with E-state index in [0.29, 0.717) is 15.4 Å². The van der Waals surface area contributed by atoms with Crippen LogP contribution >= 0.6 is 11.3 Å². The van der Waals surface area contributed by atoms with Gasteiger partial charge in [0, 0.05) is 0 Å². The van der Waals surface area contributed by atoms with Crippen molar-refractivity contribution in [3.63, 3.8) is 0 Å². The molecule has 0 aliphatic rings. The molecule has 0 unspecified atom stereocenters. The molecule has 27 heavy (non-hydrogen) atoms. The highest BCUT2D eigenvalue weighted by Crippen LogP contribution is 2.34. The second kappa shape index (κ2) is 11.7. The number of ether oxygens (including phenoxy) is 2. The molecule has 1 N–H and O–H groups in total. The molecule has 7 nitrogen and oxygen atoms in total. The van der Waals surface area contributed by atoms with Crippen LogP contribution in [0.4, 0.5) is 5.00 Å². The highest BCUT2D eigenvalue weighted by atomic mass is 32.1. The van der Waals surface area contributed by atoms with E-state index in [-0.39, 0.29) is 31.2 Å². The van der Waals surface area contributed by atoms with Crippen molar-refractivity contribution in [2.45, 2.75) is 47.5 Å². The summed E-state index contributed by atoms with van der Waals surface area (Å²) in [5.74, 6) is -1.29. The molecule has 1 rings (SSSR count). The molecule has 1 heterocycles. The third-order valence-corrected chi connectivity index (χ3v) is 4.97. The molecule has 0 fully saturated rings. The maximum Gasteiger partial charge on any atom is 0.348 e. The van der Waals surface area contributed by atoms with E-state index < -0.39 is 11.9 Å². The number of hydrogen-bond donors (Lipinski definition) is 1. The fourth-order valence-electron chi connectivity index (χ4n) is 2.71. The van der Waals surface area contributed by atoms with Gasteiger partial charge in [-0.05, 0) is 52.3 Å². The monoisotopic (exact) mass is 398 g/mol. The zero-order chi connectivity index (χ0) is 20.4. The second-order valence-electron chi connectivity index (χ2n) is 6.03. The minimum atomic E-state index is -0.559. The summed E-state index contributed by atoms with van der Waals surface area (Å²) in [6.45, 7) is 11.5. The first kappa shape index (κ1) is 23.1. The Morgan fingerprint density at radius 1 is 0.963 bits per heavy atom. The number of carbonyl (C=O) groups is 3. The molecule has 0 atom stereocenters. The van der Waals surface area contributed by atoms with Crippen LogP contribution in [0.5, 0.6) is 0 Å². The molecule has 0 aliphatic carbocycles. The highest BCUT2D eigenvalue weighted by molar-refractivity contribution is 7.18. The number of nitrogens with zero attached hydrogens (tertiary/aromatic N) is 1. The molecule has 1 aromatic heterocycles. The van der Waals surface area contributed by atoms with E-state index in [0.717, 1.165) is 37.3 Å². The molecule has 152 valence electrons. The van der Waals surface area contributed by atoms with Gasteiger partial charge in [0.2, 0.25) is 5.91 Å². The van der Waals surface area contributed by atoms with Gasteiger partial charge in [-0.15, -0.1) is 11.3 Å². The first-order chi connectivity index (χ1) is 12.9. The Kier molecular flexibility index (Phi) is 10.0. The Morgan fingerprint density at radius 2 is 1.52 bits per heavy atom. The first-order valence-electron chi connectivity index (χ1n) is 9.39. The van der Waals surface area contributed by atoms with Gasteiger partial charge >= 0.3 is 11.9 Å². The molecule has 1 aromatic rings. The number of anilines is 1. The smallest absolute Gasteiger partial charge is 0.348 e. The second-order valence-corrected chi connectivity index (χ2v) is 7.05. The van der Waals surface area contributed by atoms with E-state index in [1.807, 2.05) is 0 Å². The maximum absolute atomic E-state index is 12.5. The molecular weight excluding hydrogens is 368 g/mol. The van der Waals surface area contributed by atoms with Crippen LogP contribution in [-0.4, -0.2) is 55.6 Å². The van der Waals surface area contributed by atoms with Gasteiger partial charge in [-0.25, -0.2) is 9.59 Å². The quantitative estimate of drug-likeness (QED) is 0.575. The predicted molar refractivity (Wildman–Crippen MR) is 107 cm³/mol. The van der Waals surface area contributed by atoms with Crippen LogP contribution < -0.4 is 5.32 Å². The van der Waals surface area contributed by atoms with Crippen molar-refractivity contribution < 1.29 is 23.9 Å². The molecule has 0 spiro atoms. The fourth-order valence-corrected chi connectivity index (χ4v) is 3.82. The molecule has 0 saturated carbocycles. The largest absolute Gasteiger partial charge is 0.462 e. The summed E-state index contributed by atoms with van der Waals surface area (Å²) in [7, 11) is 0. The van der Waals surface area contributed by atoms with Gasteiger partial charge < -0.3 is 14.8 Å². The Hall–Kier alpha value is -1.93. The van der Waals surface area contributed by atoms with Gasteiger partial charge in [0.15, 0.2) is 0 Å². The number of rotatable bonds is 11. The van der Waals surface area contributed by atoms with Crippen LogP contribution in [0.25, 0.3) is 0 Å².